The van der Waals surface area contributed by atoms with Crippen molar-refractivity contribution in [2.24, 2.45) is 0 Å². The fraction of sp³-hybridized carbons (Fsp3) is 0.294. The molecule has 3 aromatic heterocycles. The van der Waals surface area contributed by atoms with Gasteiger partial charge in [0.05, 0.1) is 11.1 Å². The first-order valence-corrected chi connectivity index (χ1v) is 8.81. The molecule has 1 aliphatic rings. The van der Waals surface area contributed by atoms with Crippen LogP contribution in [0.5, 0.6) is 0 Å². The highest BCUT2D eigenvalue weighted by Crippen LogP contribution is 2.27. The minimum atomic E-state index is -1.04. The summed E-state index contributed by atoms with van der Waals surface area (Å²) < 4.78 is 15.1. The van der Waals surface area contributed by atoms with Gasteiger partial charge >= 0.3 is 11.8 Å². The predicted molar refractivity (Wildman–Crippen MR) is 99.1 cm³/mol. The standard InChI is InChI=1S/C17H16FN7O4/c18-10-3-4-14-19-6-12(24(14)8-10)15-20-7-13(25(28)29)16(22-15)21-11-2-1-5-23(9-11)17(26)27/h3-4,6-8,11H,1-2,5,9H2,(H,26,27)(H,20,21,22). The van der Waals surface area contributed by atoms with E-state index in [0.717, 1.165) is 6.20 Å². The van der Waals surface area contributed by atoms with Gasteiger partial charge in [-0.2, -0.15) is 0 Å². The molecule has 3 aromatic rings. The highest BCUT2D eigenvalue weighted by Gasteiger charge is 2.27. The van der Waals surface area contributed by atoms with E-state index < -0.39 is 16.8 Å². The van der Waals surface area contributed by atoms with Crippen LogP contribution in [0.3, 0.4) is 0 Å². The van der Waals surface area contributed by atoms with Crippen LogP contribution in [0, 0.1) is 15.9 Å². The third kappa shape index (κ3) is 3.63. The molecule has 150 valence electrons. The Balaban J connectivity index is 1.70. The van der Waals surface area contributed by atoms with E-state index in [2.05, 4.69) is 20.3 Å². The molecule has 1 saturated heterocycles. The fourth-order valence-electron chi connectivity index (χ4n) is 3.32. The summed E-state index contributed by atoms with van der Waals surface area (Å²) in [5.41, 5.74) is 0.511. The molecule has 12 heteroatoms. The maximum Gasteiger partial charge on any atom is 0.407 e. The van der Waals surface area contributed by atoms with Gasteiger partial charge in [0.15, 0.2) is 5.82 Å². The zero-order chi connectivity index (χ0) is 20.5. The summed E-state index contributed by atoms with van der Waals surface area (Å²) in [5.74, 6) is -0.376. The Morgan fingerprint density at radius 1 is 1.34 bits per heavy atom. The van der Waals surface area contributed by atoms with Gasteiger partial charge in [-0.05, 0) is 25.0 Å². The number of rotatable bonds is 4. The number of hydrogen-bond donors (Lipinski definition) is 2. The Kier molecular flexibility index (Phi) is 4.66. The number of nitrogens with zero attached hydrogens (tertiary/aromatic N) is 6. The number of imidazole rings is 1. The molecule has 2 N–H and O–H groups in total. The molecule has 4 heterocycles. The van der Waals surface area contributed by atoms with E-state index >= 15 is 0 Å². The number of carbonyl (C=O) groups is 1. The molecule has 0 saturated carbocycles. The van der Waals surface area contributed by atoms with Crippen LogP contribution < -0.4 is 5.32 Å². The highest BCUT2D eigenvalue weighted by atomic mass is 19.1. The minimum Gasteiger partial charge on any atom is -0.465 e. The van der Waals surface area contributed by atoms with E-state index in [1.807, 2.05) is 0 Å². The van der Waals surface area contributed by atoms with Crippen LogP contribution >= 0.6 is 0 Å². The predicted octanol–water partition coefficient (Wildman–Crippen LogP) is 2.39. The molecular formula is C17H16FN7O4. The number of carboxylic acid groups (broad SMARTS) is 1. The van der Waals surface area contributed by atoms with Gasteiger partial charge < -0.3 is 15.3 Å². The molecule has 1 atom stereocenters. The Labute approximate surface area is 163 Å². The molecule has 4 rings (SSSR count). The van der Waals surface area contributed by atoms with Crippen LogP contribution in [-0.2, 0) is 0 Å². The lowest BCUT2D eigenvalue weighted by Crippen LogP contribution is -2.44. The van der Waals surface area contributed by atoms with E-state index in [1.165, 1.54) is 33.8 Å². The Morgan fingerprint density at radius 3 is 2.93 bits per heavy atom. The minimum absolute atomic E-state index is 0.0245. The van der Waals surface area contributed by atoms with Crippen molar-refractivity contribution in [3.8, 4) is 11.5 Å². The summed E-state index contributed by atoms with van der Waals surface area (Å²) in [4.78, 5) is 35.7. The van der Waals surface area contributed by atoms with E-state index in [-0.39, 0.29) is 29.9 Å². The van der Waals surface area contributed by atoms with Crippen LogP contribution in [0.25, 0.3) is 17.2 Å². The molecule has 0 spiro atoms. The van der Waals surface area contributed by atoms with Crippen molar-refractivity contribution >= 4 is 23.2 Å². The Morgan fingerprint density at radius 2 is 2.17 bits per heavy atom. The number of amides is 1. The first-order chi connectivity index (χ1) is 13.9. The van der Waals surface area contributed by atoms with Crippen LogP contribution in [0.15, 0.2) is 30.7 Å². The second-order valence-electron chi connectivity index (χ2n) is 6.62. The fourth-order valence-corrected chi connectivity index (χ4v) is 3.32. The lowest BCUT2D eigenvalue weighted by molar-refractivity contribution is -0.384. The average Bonchev–Trinajstić information content (AvgIpc) is 3.11. The van der Waals surface area contributed by atoms with Crippen molar-refractivity contribution < 1.29 is 19.2 Å². The zero-order valence-electron chi connectivity index (χ0n) is 15.0. The Bertz CT molecular complexity index is 1100. The summed E-state index contributed by atoms with van der Waals surface area (Å²) in [5, 5.41) is 23.6. The smallest absolute Gasteiger partial charge is 0.407 e. The largest absolute Gasteiger partial charge is 0.465 e. The third-order valence-electron chi connectivity index (χ3n) is 4.70. The number of anilines is 1. The maximum atomic E-state index is 13.6. The van der Waals surface area contributed by atoms with Gasteiger partial charge in [-0.25, -0.2) is 24.1 Å². The number of fused-ring (bicyclic) bond motifs is 1. The van der Waals surface area contributed by atoms with Gasteiger partial charge in [-0.15, -0.1) is 0 Å². The number of piperidine rings is 1. The lowest BCUT2D eigenvalue weighted by Gasteiger charge is -2.31. The first kappa shape index (κ1) is 18.5. The molecule has 0 aliphatic carbocycles. The topological polar surface area (TPSA) is 139 Å². The van der Waals surface area contributed by atoms with Crippen LogP contribution in [-0.4, -0.2) is 59.5 Å². The number of nitrogens with one attached hydrogen (secondary N) is 1. The normalized spacial score (nSPS) is 16.7. The molecule has 0 aromatic carbocycles. The molecular weight excluding hydrogens is 385 g/mol. The van der Waals surface area contributed by atoms with Crippen LogP contribution in [0.4, 0.5) is 20.7 Å². The SMILES string of the molecule is O=C(O)N1CCCC(Nc2nc(-c3cnc4ccc(F)cn34)ncc2[N+](=O)[O-])C1. The molecule has 0 bridgehead atoms. The second-order valence-corrected chi connectivity index (χ2v) is 6.62. The van der Waals surface area contributed by atoms with Crippen molar-refractivity contribution in [3.63, 3.8) is 0 Å². The van der Waals surface area contributed by atoms with E-state index in [9.17, 15) is 24.4 Å². The quantitative estimate of drug-likeness (QED) is 0.502. The zero-order valence-corrected chi connectivity index (χ0v) is 15.0. The van der Waals surface area contributed by atoms with Gasteiger partial charge in [0, 0.05) is 25.3 Å². The van der Waals surface area contributed by atoms with Gasteiger partial charge in [-0.1, -0.05) is 0 Å². The monoisotopic (exact) mass is 401 g/mol. The number of halogens is 1. The van der Waals surface area contributed by atoms with E-state index in [4.69, 9.17) is 0 Å². The molecule has 1 fully saturated rings. The number of hydrogen-bond acceptors (Lipinski definition) is 7. The van der Waals surface area contributed by atoms with E-state index in [1.54, 1.807) is 0 Å². The summed E-state index contributed by atoms with van der Waals surface area (Å²) in [6, 6.07) is 2.43. The molecule has 0 radical (unpaired) electrons. The first-order valence-electron chi connectivity index (χ1n) is 8.81. The number of aromatic nitrogens is 4. The highest BCUT2D eigenvalue weighted by molar-refractivity contribution is 5.66. The van der Waals surface area contributed by atoms with Crippen molar-refractivity contribution in [2.45, 2.75) is 18.9 Å². The molecule has 1 amide bonds. The molecule has 1 unspecified atom stereocenters. The second kappa shape index (κ2) is 7.30. The summed E-state index contributed by atoms with van der Waals surface area (Å²) in [6.07, 6.45) is 3.97. The number of pyridine rings is 1. The van der Waals surface area contributed by atoms with E-state index in [0.29, 0.717) is 30.7 Å². The number of nitro groups is 1. The summed E-state index contributed by atoms with van der Waals surface area (Å²) >= 11 is 0. The Hall–Kier alpha value is -3.83. The van der Waals surface area contributed by atoms with Gasteiger partial charge in [0.1, 0.15) is 23.4 Å². The van der Waals surface area contributed by atoms with Crippen molar-refractivity contribution in [1.82, 2.24) is 24.3 Å². The van der Waals surface area contributed by atoms with Gasteiger partial charge in [-0.3, -0.25) is 14.5 Å². The van der Waals surface area contributed by atoms with Crippen LogP contribution in [0.2, 0.25) is 0 Å². The van der Waals surface area contributed by atoms with Crippen LogP contribution in [0.1, 0.15) is 12.8 Å². The average molecular weight is 401 g/mol. The summed E-state index contributed by atoms with van der Waals surface area (Å²) in [6.45, 7) is 0.602. The van der Waals surface area contributed by atoms with Crippen molar-refractivity contribution in [2.75, 3.05) is 18.4 Å². The summed E-state index contributed by atoms with van der Waals surface area (Å²) in [7, 11) is 0. The molecule has 1 aliphatic heterocycles. The molecule has 29 heavy (non-hydrogen) atoms. The maximum absolute atomic E-state index is 13.6. The number of likely N-dealkylation sites (tertiary alicyclic amines) is 1. The lowest BCUT2D eigenvalue weighted by atomic mass is 10.1. The molecule has 11 nitrogen and oxygen atoms in total. The van der Waals surface area contributed by atoms with Gasteiger partial charge in [0.25, 0.3) is 0 Å². The van der Waals surface area contributed by atoms with Gasteiger partial charge in [0.2, 0.25) is 5.82 Å². The third-order valence-corrected chi connectivity index (χ3v) is 4.70. The van der Waals surface area contributed by atoms with Crippen molar-refractivity contribution in [3.05, 3.63) is 46.7 Å². The van der Waals surface area contributed by atoms with Crippen molar-refractivity contribution in [1.29, 1.82) is 0 Å².